The van der Waals surface area contributed by atoms with Crippen molar-refractivity contribution in [2.45, 2.75) is 42.4 Å². The molecule has 29 heavy (non-hydrogen) atoms. The molecule has 0 unspecified atom stereocenters. The van der Waals surface area contributed by atoms with Crippen LogP contribution in [0.25, 0.3) is 0 Å². The van der Waals surface area contributed by atoms with Gasteiger partial charge in [0.15, 0.2) is 5.13 Å². The number of hydrogen-bond acceptors (Lipinski definition) is 6. The van der Waals surface area contributed by atoms with Crippen LogP contribution >= 0.6 is 23.1 Å². The maximum absolute atomic E-state index is 11.5. The number of rotatable bonds is 5. The summed E-state index contributed by atoms with van der Waals surface area (Å²) in [6.07, 6.45) is 3.82. The number of carbonyl (C=O) groups is 1. The number of aromatic nitrogens is 2. The number of thiazole rings is 1. The summed E-state index contributed by atoms with van der Waals surface area (Å²) in [6.45, 7) is 5.33. The molecule has 4 rings (SSSR count). The smallest absolute Gasteiger partial charge is 0.219 e. The first kappa shape index (κ1) is 19.9. The Kier molecular flexibility index (Phi) is 6.16. The van der Waals surface area contributed by atoms with Gasteiger partial charge in [-0.3, -0.25) is 4.79 Å². The molecule has 1 aliphatic heterocycles. The molecule has 0 atom stereocenters. The molecule has 0 aliphatic carbocycles. The van der Waals surface area contributed by atoms with Crippen LogP contribution in [0.1, 0.15) is 36.9 Å². The van der Waals surface area contributed by atoms with E-state index in [2.05, 4.69) is 40.8 Å². The van der Waals surface area contributed by atoms with E-state index < -0.39 is 0 Å². The first-order chi connectivity index (χ1) is 14.1. The van der Waals surface area contributed by atoms with Crippen LogP contribution in [-0.4, -0.2) is 33.9 Å². The highest BCUT2D eigenvalue weighted by Gasteiger charge is 2.24. The lowest BCUT2D eigenvalue weighted by atomic mass is 9.94. The summed E-state index contributed by atoms with van der Waals surface area (Å²) in [6, 6.07) is 12.5. The number of aryl methyl sites for hydroxylation is 1. The highest BCUT2D eigenvalue weighted by atomic mass is 32.2. The Balaban J connectivity index is 1.47. The van der Waals surface area contributed by atoms with E-state index in [1.165, 1.54) is 4.90 Å². The molecule has 0 spiro atoms. The molecule has 1 aromatic carbocycles. The standard InChI is InChI=1S/C22H24N4OS2/c1-15-12-20(29-18-6-4-3-5-7-18)21(23-13-15)25-22-24-19(14-28-22)17-8-10-26(11-9-17)16(2)27/h3-7,12-14,17H,8-11H2,1-2H3,(H,23,24,25). The van der Waals surface area contributed by atoms with Crippen molar-refractivity contribution in [3.05, 3.63) is 59.2 Å². The minimum absolute atomic E-state index is 0.165. The quantitative estimate of drug-likeness (QED) is 0.589. The minimum atomic E-state index is 0.165. The van der Waals surface area contributed by atoms with Crippen molar-refractivity contribution in [3.8, 4) is 0 Å². The van der Waals surface area contributed by atoms with Crippen LogP contribution in [0.2, 0.25) is 0 Å². The third-order valence-corrected chi connectivity index (χ3v) is 6.88. The third-order valence-electron chi connectivity index (χ3n) is 5.07. The fraction of sp³-hybridized carbons (Fsp3) is 0.318. The highest BCUT2D eigenvalue weighted by molar-refractivity contribution is 7.99. The van der Waals surface area contributed by atoms with Gasteiger partial charge >= 0.3 is 0 Å². The monoisotopic (exact) mass is 424 g/mol. The fourth-order valence-electron chi connectivity index (χ4n) is 3.45. The molecule has 3 heterocycles. The van der Waals surface area contributed by atoms with E-state index in [0.717, 1.165) is 53.0 Å². The number of piperidine rings is 1. The number of nitrogens with zero attached hydrogens (tertiary/aromatic N) is 3. The van der Waals surface area contributed by atoms with Crippen LogP contribution in [0.5, 0.6) is 0 Å². The number of anilines is 2. The zero-order valence-electron chi connectivity index (χ0n) is 16.6. The number of likely N-dealkylation sites (tertiary alicyclic amines) is 1. The second kappa shape index (κ2) is 8.97. The molecule has 3 aromatic rings. The summed E-state index contributed by atoms with van der Waals surface area (Å²) in [4.78, 5) is 25.2. The van der Waals surface area contributed by atoms with Crippen LogP contribution < -0.4 is 5.32 Å². The van der Waals surface area contributed by atoms with E-state index in [4.69, 9.17) is 4.98 Å². The molecule has 0 radical (unpaired) electrons. The van der Waals surface area contributed by atoms with Crippen LogP contribution in [0.15, 0.2) is 57.8 Å². The number of carbonyl (C=O) groups excluding carboxylic acids is 1. The van der Waals surface area contributed by atoms with Crippen molar-refractivity contribution in [1.82, 2.24) is 14.9 Å². The minimum Gasteiger partial charge on any atom is -0.343 e. The van der Waals surface area contributed by atoms with Gasteiger partial charge in [0.2, 0.25) is 5.91 Å². The van der Waals surface area contributed by atoms with Crippen molar-refractivity contribution in [2.75, 3.05) is 18.4 Å². The van der Waals surface area contributed by atoms with Gasteiger partial charge in [-0.1, -0.05) is 30.0 Å². The fourth-order valence-corrected chi connectivity index (χ4v) is 5.24. The van der Waals surface area contributed by atoms with Crippen molar-refractivity contribution < 1.29 is 4.79 Å². The molecule has 7 heteroatoms. The molecular formula is C22H24N4OS2. The average molecular weight is 425 g/mol. The van der Waals surface area contributed by atoms with Crippen molar-refractivity contribution >= 4 is 40.0 Å². The van der Waals surface area contributed by atoms with Crippen LogP contribution in [-0.2, 0) is 4.79 Å². The van der Waals surface area contributed by atoms with E-state index in [1.807, 2.05) is 29.3 Å². The molecule has 150 valence electrons. The molecule has 1 N–H and O–H groups in total. The summed E-state index contributed by atoms with van der Waals surface area (Å²) in [5, 5.41) is 6.41. The Bertz CT molecular complexity index is 981. The second-order valence-corrected chi connectivity index (χ2v) is 9.23. The first-order valence-electron chi connectivity index (χ1n) is 9.76. The molecule has 5 nitrogen and oxygen atoms in total. The molecule has 0 bridgehead atoms. The zero-order chi connectivity index (χ0) is 20.2. The Morgan fingerprint density at radius 3 is 2.72 bits per heavy atom. The van der Waals surface area contributed by atoms with Gasteiger partial charge in [0, 0.05) is 42.4 Å². The molecular weight excluding hydrogens is 400 g/mol. The van der Waals surface area contributed by atoms with Gasteiger partial charge in [-0.25, -0.2) is 9.97 Å². The molecule has 1 aliphatic rings. The summed E-state index contributed by atoms with van der Waals surface area (Å²) < 4.78 is 0. The van der Waals surface area contributed by atoms with Crippen LogP contribution in [0.3, 0.4) is 0 Å². The van der Waals surface area contributed by atoms with E-state index in [1.54, 1.807) is 30.0 Å². The first-order valence-corrected chi connectivity index (χ1v) is 11.5. The zero-order valence-corrected chi connectivity index (χ0v) is 18.2. The van der Waals surface area contributed by atoms with Gasteiger partial charge in [-0.05, 0) is 43.5 Å². The number of amides is 1. The lowest BCUT2D eigenvalue weighted by molar-refractivity contribution is -0.129. The van der Waals surface area contributed by atoms with E-state index in [-0.39, 0.29) is 5.91 Å². The largest absolute Gasteiger partial charge is 0.343 e. The molecule has 1 saturated heterocycles. The lowest BCUT2D eigenvalue weighted by Gasteiger charge is -2.30. The summed E-state index contributed by atoms with van der Waals surface area (Å²) >= 11 is 3.31. The van der Waals surface area contributed by atoms with E-state index in [0.29, 0.717) is 5.92 Å². The highest BCUT2D eigenvalue weighted by Crippen LogP contribution is 2.36. The summed E-state index contributed by atoms with van der Waals surface area (Å²) in [5.41, 5.74) is 2.25. The Hall–Kier alpha value is -2.38. The van der Waals surface area contributed by atoms with Crippen molar-refractivity contribution in [3.63, 3.8) is 0 Å². The van der Waals surface area contributed by atoms with E-state index >= 15 is 0 Å². The van der Waals surface area contributed by atoms with Crippen LogP contribution in [0.4, 0.5) is 10.9 Å². The Morgan fingerprint density at radius 2 is 2.00 bits per heavy atom. The Morgan fingerprint density at radius 1 is 1.24 bits per heavy atom. The summed E-state index contributed by atoms with van der Waals surface area (Å²) in [5.74, 6) is 1.41. The van der Waals surface area contributed by atoms with Gasteiger partial charge in [-0.15, -0.1) is 11.3 Å². The Labute approximate surface area is 179 Å². The predicted octanol–water partition coefficient (Wildman–Crippen LogP) is 5.47. The van der Waals surface area contributed by atoms with Gasteiger partial charge < -0.3 is 10.2 Å². The number of benzene rings is 1. The van der Waals surface area contributed by atoms with Gasteiger partial charge in [0.1, 0.15) is 5.82 Å². The van der Waals surface area contributed by atoms with Gasteiger partial charge in [0.05, 0.1) is 10.6 Å². The molecule has 0 saturated carbocycles. The topological polar surface area (TPSA) is 58.1 Å². The van der Waals surface area contributed by atoms with Gasteiger partial charge in [0.25, 0.3) is 0 Å². The maximum Gasteiger partial charge on any atom is 0.219 e. The van der Waals surface area contributed by atoms with E-state index in [9.17, 15) is 4.79 Å². The normalized spacial score (nSPS) is 14.8. The number of nitrogens with one attached hydrogen (secondary N) is 1. The van der Waals surface area contributed by atoms with Gasteiger partial charge in [-0.2, -0.15) is 0 Å². The lowest BCUT2D eigenvalue weighted by Crippen LogP contribution is -2.36. The summed E-state index contributed by atoms with van der Waals surface area (Å²) in [7, 11) is 0. The SMILES string of the molecule is CC(=O)N1CCC(c2csc(Nc3ncc(C)cc3Sc3ccccc3)n2)CC1. The van der Waals surface area contributed by atoms with Crippen molar-refractivity contribution in [2.24, 2.45) is 0 Å². The predicted molar refractivity (Wildman–Crippen MR) is 119 cm³/mol. The molecule has 1 amide bonds. The number of hydrogen-bond donors (Lipinski definition) is 1. The molecule has 2 aromatic heterocycles. The third kappa shape index (κ3) is 4.97. The average Bonchev–Trinajstić information content (AvgIpc) is 3.19. The van der Waals surface area contributed by atoms with Crippen LogP contribution in [0, 0.1) is 6.92 Å². The second-order valence-electron chi connectivity index (χ2n) is 7.26. The maximum atomic E-state index is 11.5. The van der Waals surface area contributed by atoms with Crippen molar-refractivity contribution in [1.29, 1.82) is 0 Å². The molecule has 1 fully saturated rings. The number of pyridine rings is 1.